The Kier molecular flexibility index (Phi) is 3.51. The van der Waals surface area contributed by atoms with Gasteiger partial charge in [-0.3, -0.25) is 0 Å². The van der Waals surface area contributed by atoms with E-state index in [2.05, 4.69) is 0 Å². The molecule has 1 aromatic rings. The van der Waals surface area contributed by atoms with Gasteiger partial charge in [-0.05, 0) is 38.4 Å². The molecule has 0 spiro atoms. The van der Waals surface area contributed by atoms with E-state index in [1.54, 1.807) is 0 Å². The Morgan fingerprint density at radius 3 is 3.00 bits per heavy atom. The normalized spacial score (nSPS) is 14.9. The van der Waals surface area contributed by atoms with Crippen molar-refractivity contribution in [2.24, 2.45) is 5.73 Å². The van der Waals surface area contributed by atoms with Crippen molar-refractivity contribution in [3.63, 3.8) is 0 Å². The molecule has 1 unspecified atom stereocenters. The van der Waals surface area contributed by atoms with Crippen molar-refractivity contribution in [2.45, 2.75) is 25.9 Å². The number of hydrogen-bond donors (Lipinski definition) is 1. The van der Waals surface area contributed by atoms with Crippen LogP contribution in [0.5, 0.6) is 17.2 Å². The second kappa shape index (κ2) is 5.07. The van der Waals surface area contributed by atoms with Crippen LogP contribution in [0.4, 0.5) is 0 Å². The lowest BCUT2D eigenvalue weighted by Crippen LogP contribution is -2.13. The topological polar surface area (TPSA) is 53.7 Å². The van der Waals surface area contributed by atoms with E-state index in [4.69, 9.17) is 19.9 Å². The van der Waals surface area contributed by atoms with E-state index in [1.807, 2.05) is 25.1 Å². The molecule has 16 heavy (non-hydrogen) atoms. The number of rotatable bonds is 5. The molecule has 0 saturated heterocycles. The van der Waals surface area contributed by atoms with Crippen molar-refractivity contribution in [2.75, 3.05) is 13.3 Å². The smallest absolute Gasteiger partial charge is 0.231 e. The first-order chi connectivity index (χ1) is 7.79. The number of benzene rings is 1. The minimum Gasteiger partial charge on any atom is -0.491 e. The van der Waals surface area contributed by atoms with Crippen LogP contribution >= 0.6 is 0 Å². The number of fused-ring (bicyclic) bond motifs is 1. The van der Waals surface area contributed by atoms with Crippen LogP contribution in [-0.4, -0.2) is 19.4 Å². The zero-order valence-corrected chi connectivity index (χ0v) is 9.44. The lowest BCUT2D eigenvalue weighted by molar-refractivity contribution is 0.173. The molecule has 1 heterocycles. The number of nitrogens with two attached hydrogens (primary N) is 1. The fourth-order valence-corrected chi connectivity index (χ4v) is 1.65. The van der Waals surface area contributed by atoms with Gasteiger partial charge in [0, 0.05) is 6.07 Å². The Hall–Kier alpha value is -1.42. The van der Waals surface area contributed by atoms with Gasteiger partial charge in [-0.15, -0.1) is 0 Å². The molecule has 0 amide bonds. The van der Waals surface area contributed by atoms with E-state index in [9.17, 15) is 0 Å². The van der Waals surface area contributed by atoms with Gasteiger partial charge in [0.25, 0.3) is 0 Å². The Labute approximate surface area is 95.3 Å². The van der Waals surface area contributed by atoms with E-state index >= 15 is 0 Å². The lowest BCUT2D eigenvalue weighted by atomic mass is 10.2. The summed E-state index contributed by atoms with van der Waals surface area (Å²) in [6.07, 6.45) is 2.11. The summed E-state index contributed by atoms with van der Waals surface area (Å²) in [6, 6.07) is 5.63. The average Bonchev–Trinajstić information content (AvgIpc) is 2.73. The van der Waals surface area contributed by atoms with Crippen LogP contribution in [0.1, 0.15) is 19.8 Å². The molecule has 0 radical (unpaired) electrons. The zero-order chi connectivity index (χ0) is 11.4. The highest BCUT2D eigenvalue weighted by atomic mass is 16.7. The number of hydrogen-bond acceptors (Lipinski definition) is 4. The predicted molar refractivity (Wildman–Crippen MR) is 60.9 cm³/mol. The quantitative estimate of drug-likeness (QED) is 0.828. The van der Waals surface area contributed by atoms with Crippen molar-refractivity contribution in [1.29, 1.82) is 0 Å². The maximum atomic E-state index is 5.75. The summed E-state index contributed by atoms with van der Waals surface area (Å²) in [4.78, 5) is 0. The second-order valence-electron chi connectivity index (χ2n) is 3.87. The summed E-state index contributed by atoms with van der Waals surface area (Å²) in [5.74, 6) is 2.35. The first-order valence-electron chi connectivity index (χ1n) is 5.56. The summed E-state index contributed by atoms with van der Waals surface area (Å²) in [5, 5.41) is 0. The van der Waals surface area contributed by atoms with Crippen molar-refractivity contribution in [3.8, 4) is 17.2 Å². The monoisotopic (exact) mass is 223 g/mol. The SMILES string of the molecule is CC(CCCN)Oc1ccc2c(c1)OCO2. The van der Waals surface area contributed by atoms with Crippen molar-refractivity contribution >= 4 is 0 Å². The molecule has 1 aliphatic heterocycles. The average molecular weight is 223 g/mol. The molecule has 0 aliphatic carbocycles. The van der Waals surface area contributed by atoms with Gasteiger partial charge < -0.3 is 19.9 Å². The highest BCUT2D eigenvalue weighted by molar-refractivity contribution is 5.46. The Morgan fingerprint density at radius 2 is 2.19 bits per heavy atom. The van der Waals surface area contributed by atoms with Crippen LogP contribution in [0.15, 0.2) is 18.2 Å². The second-order valence-corrected chi connectivity index (χ2v) is 3.87. The molecule has 2 N–H and O–H groups in total. The van der Waals surface area contributed by atoms with Gasteiger partial charge in [0.05, 0.1) is 6.10 Å². The van der Waals surface area contributed by atoms with E-state index in [1.165, 1.54) is 0 Å². The first-order valence-corrected chi connectivity index (χ1v) is 5.56. The molecule has 4 nitrogen and oxygen atoms in total. The van der Waals surface area contributed by atoms with Crippen LogP contribution < -0.4 is 19.9 Å². The molecule has 1 atom stereocenters. The van der Waals surface area contributed by atoms with Crippen LogP contribution in [-0.2, 0) is 0 Å². The third kappa shape index (κ3) is 2.58. The molecule has 88 valence electrons. The van der Waals surface area contributed by atoms with Gasteiger partial charge in [-0.1, -0.05) is 0 Å². The molecule has 1 aliphatic rings. The minimum atomic E-state index is 0.170. The lowest BCUT2D eigenvalue weighted by Gasteiger charge is -2.14. The van der Waals surface area contributed by atoms with Gasteiger partial charge in [0.15, 0.2) is 11.5 Å². The highest BCUT2D eigenvalue weighted by Gasteiger charge is 2.14. The van der Waals surface area contributed by atoms with Gasteiger partial charge in [0.1, 0.15) is 5.75 Å². The molecule has 0 bridgehead atoms. The van der Waals surface area contributed by atoms with Crippen LogP contribution in [0.3, 0.4) is 0 Å². The van der Waals surface area contributed by atoms with Gasteiger partial charge in [-0.25, -0.2) is 0 Å². The largest absolute Gasteiger partial charge is 0.491 e. The molecule has 4 heteroatoms. The summed E-state index contributed by atoms with van der Waals surface area (Å²) in [7, 11) is 0. The molecule has 2 rings (SSSR count). The van der Waals surface area contributed by atoms with E-state index in [-0.39, 0.29) is 6.10 Å². The number of ether oxygens (including phenoxy) is 3. The minimum absolute atomic E-state index is 0.170. The molecule has 0 saturated carbocycles. The van der Waals surface area contributed by atoms with E-state index in [0.29, 0.717) is 13.3 Å². The molecule has 1 aromatic carbocycles. The van der Waals surface area contributed by atoms with Crippen molar-refractivity contribution in [1.82, 2.24) is 0 Å². The van der Waals surface area contributed by atoms with Crippen molar-refractivity contribution in [3.05, 3.63) is 18.2 Å². The molecule has 0 fully saturated rings. The fourth-order valence-electron chi connectivity index (χ4n) is 1.65. The molecular formula is C12H17NO3. The van der Waals surface area contributed by atoms with E-state index in [0.717, 1.165) is 30.1 Å². The molecular weight excluding hydrogens is 206 g/mol. The maximum absolute atomic E-state index is 5.75. The van der Waals surface area contributed by atoms with Gasteiger partial charge in [0.2, 0.25) is 6.79 Å². The van der Waals surface area contributed by atoms with Crippen LogP contribution in [0, 0.1) is 0 Å². The standard InChI is InChI=1S/C12H17NO3/c1-9(3-2-6-13)16-10-4-5-11-12(7-10)15-8-14-11/h4-5,7,9H,2-3,6,8,13H2,1H3. The predicted octanol–water partition coefficient (Wildman–Crippen LogP) is 1.92. The Morgan fingerprint density at radius 1 is 1.38 bits per heavy atom. The highest BCUT2D eigenvalue weighted by Crippen LogP contribution is 2.35. The van der Waals surface area contributed by atoms with Gasteiger partial charge >= 0.3 is 0 Å². The summed E-state index contributed by atoms with van der Waals surface area (Å²) >= 11 is 0. The Balaban J connectivity index is 1.94. The third-order valence-corrected chi connectivity index (χ3v) is 2.50. The zero-order valence-electron chi connectivity index (χ0n) is 9.44. The third-order valence-electron chi connectivity index (χ3n) is 2.50. The Bertz CT molecular complexity index is 354. The maximum Gasteiger partial charge on any atom is 0.231 e. The molecule has 0 aromatic heterocycles. The van der Waals surface area contributed by atoms with E-state index < -0.39 is 0 Å². The summed E-state index contributed by atoms with van der Waals surface area (Å²) in [5.41, 5.74) is 5.45. The summed E-state index contributed by atoms with van der Waals surface area (Å²) in [6.45, 7) is 3.04. The summed E-state index contributed by atoms with van der Waals surface area (Å²) < 4.78 is 16.3. The van der Waals surface area contributed by atoms with Crippen molar-refractivity contribution < 1.29 is 14.2 Å². The van der Waals surface area contributed by atoms with Gasteiger partial charge in [-0.2, -0.15) is 0 Å². The first kappa shape index (κ1) is 11.1. The van der Waals surface area contributed by atoms with Crippen LogP contribution in [0.25, 0.3) is 0 Å². The van der Waals surface area contributed by atoms with Crippen LogP contribution in [0.2, 0.25) is 0 Å². The fraction of sp³-hybridized carbons (Fsp3) is 0.500.